The number of nitrogens with one attached hydrogen (secondary N) is 2. The van der Waals surface area contributed by atoms with Gasteiger partial charge in [-0.1, -0.05) is 38.0 Å². The molecule has 0 spiro atoms. The van der Waals surface area contributed by atoms with E-state index < -0.39 is 0 Å². The lowest BCUT2D eigenvalue weighted by Gasteiger charge is -2.35. The molecule has 2 atom stereocenters. The van der Waals surface area contributed by atoms with Crippen molar-refractivity contribution in [3.63, 3.8) is 0 Å². The van der Waals surface area contributed by atoms with Crippen LogP contribution >= 0.6 is 0 Å². The van der Waals surface area contributed by atoms with Crippen molar-refractivity contribution in [2.45, 2.75) is 57.4 Å². The van der Waals surface area contributed by atoms with Gasteiger partial charge in [0.2, 0.25) is 0 Å². The number of benzene rings is 1. The number of amides is 2. The van der Waals surface area contributed by atoms with Gasteiger partial charge in [0.25, 0.3) is 0 Å². The van der Waals surface area contributed by atoms with Gasteiger partial charge in [-0.2, -0.15) is 0 Å². The highest BCUT2D eigenvalue weighted by Crippen LogP contribution is 2.33. The Bertz CT molecular complexity index is 730. The summed E-state index contributed by atoms with van der Waals surface area (Å²) in [5, 5.41) is 4.63. The van der Waals surface area contributed by atoms with Crippen LogP contribution in [-0.4, -0.2) is 35.0 Å². The average molecular weight is 339 g/mol. The molecule has 134 valence electrons. The van der Waals surface area contributed by atoms with Crippen LogP contribution < -0.4 is 5.32 Å². The Labute approximate surface area is 150 Å². The van der Waals surface area contributed by atoms with Crippen LogP contribution in [-0.2, 0) is 0 Å². The fourth-order valence-electron chi connectivity index (χ4n) is 4.61. The van der Waals surface area contributed by atoms with Gasteiger partial charge in [0.05, 0.1) is 0 Å². The van der Waals surface area contributed by atoms with Crippen molar-refractivity contribution >= 4 is 16.9 Å². The van der Waals surface area contributed by atoms with Crippen molar-refractivity contribution in [3.8, 4) is 0 Å². The van der Waals surface area contributed by atoms with E-state index >= 15 is 0 Å². The Morgan fingerprint density at radius 2 is 1.88 bits per heavy atom. The monoisotopic (exact) mass is 339 g/mol. The second-order valence-electron chi connectivity index (χ2n) is 7.87. The van der Waals surface area contributed by atoms with Gasteiger partial charge in [-0.15, -0.1) is 0 Å². The lowest BCUT2D eigenvalue weighted by atomic mass is 9.86. The molecule has 25 heavy (non-hydrogen) atoms. The lowest BCUT2D eigenvalue weighted by molar-refractivity contribution is 0.168. The van der Waals surface area contributed by atoms with Gasteiger partial charge >= 0.3 is 6.03 Å². The zero-order valence-corrected chi connectivity index (χ0v) is 15.1. The molecule has 1 saturated carbocycles. The first kappa shape index (κ1) is 16.5. The predicted molar refractivity (Wildman–Crippen MR) is 102 cm³/mol. The first-order valence-corrected chi connectivity index (χ1v) is 9.84. The van der Waals surface area contributed by atoms with Crippen LogP contribution in [0.5, 0.6) is 0 Å². The van der Waals surface area contributed by atoms with Gasteiger partial charge < -0.3 is 15.2 Å². The van der Waals surface area contributed by atoms with Crippen molar-refractivity contribution in [2.24, 2.45) is 5.92 Å². The third-order valence-electron chi connectivity index (χ3n) is 6.26. The molecular formula is C21H29N3O. The molecule has 1 aromatic heterocycles. The highest BCUT2D eigenvalue weighted by atomic mass is 16.2. The number of hydrogen-bond acceptors (Lipinski definition) is 1. The molecule has 2 fully saturated rings. The standard InChI is InChI=1S/C21H29N3O/c1-15-6-2-4-8-19(15)23-21(25)24-12-10-16(11-13-24)18-14-22-20-9-5-3-7-17(18)20/h3,5,7,9,14-16,19,22H,2,4,6,8,10-13H2,1H3,(H,23,25). The number of nitrogens with zero attached hydrogens (tertiary/aromatic N) is 1. The van der Waals surface area contributed by atoms with E-state index in [1.165, 1.54) is 35.7 Å². The normalized spacial score (nSPS) is 25.2. The highest BCUT2D eigenvalue weighted by molar-refractivity contribution is 5.83. The number of piperidine rings is 1. The van der Waals surface area contributed by atoms with Crippen LogP contribution in [0.3, 0.4) is 0 Å². The second-order valence-corrected chi connectivity index (χ2v) is 7.87. The SMILES string of the molecule is CC1CCCCC1NC(=O)N1CCC(c2c[nH]c3ccccc23)CC1. The molecule has 2 unspecified atom stereocenters. The summed E-state index contributed by atoms with van der Waals surface area (Å²) in [6, 6.07) is 9.02. The zero-order valence-electron chi connectivity index (χ0n) is 15.1. The van der Waals surface area contributed by atoms with E-state index in [9.17, 15) is 4.79 Å². The number of carbonyl (C=O) groups excluding carboxylic acids is 1. The third kappa shape index (κ3) is 3.39. The van der Waals surface area contributed by atoms with E-state index in [2.05, 4.69) is 47.7 Å². The molecule has 0 radical (unpaired) electrons. The maximum atomic E-state index is 12.6. The summed E-state index contributed by atoms with van der Waals surface area (Å²) in [6.07, 6.45) is 9.20. The van der Waals surface area contributed by atoms with Crippen LogP contribution in [0.2, 0.25) is 0 Å². The molecule has 1 saturated heterocycles. The summed E-state index contributed by atoms with van der Waals surface area (Å²) in [6.45, 7) is 3.99. The molecule has 4 rings (SSSR count). The van der Waals surface area contributed by atoms with E-state index in [1.54, 1.807) is 0 Å². The maximum absolute atomic E-state index is 12.6. The minimum atomic E-state index is 0.149. The molecular weight excluding hydrogens is 310 g/mol. The van der Waals surface area contributed by atoms with Crippen LogP contribution in [0.1, 0.15) is 56.9 Å². The Hall–Kier alpha value is -1.97. The minimum Gasteiger partial charge on any atom is -0.361 e. The predicted octanol–water partition coefficient (Wildman–Crippen LogP) is 4.64. The number of fused-ring (bicyclic) bond motifs is 1. The third-order valence-corrected chi connectivity index (χ3v) is 6.26. The lowest BCUT2D eigenvalue weighted by Crippen LogP contribution is -2.50. The summed E-state index contributed by atoms with van der Waals surface area (Å²) in [5.41, 5.74) is 2.63. The number of H-pyrrole nitrogens is 1. The topological polar surface area (TPSA) is 48.1 Å². The van der Waals surface area contributed by atoms with E-state index in [-0.39, 0.29) is 6.03 Å². The van der Waals surface area contributed by atoms with Crippen molar-refractivity contribution in [2.75, 3.05) is 13.1 Å². The number of rotatable bonds is 2. The minimum absolute atomic E-state index is 0.149. The van der Waals surface area contributed by atoms with E-state index in [0.717, 1.165) is 32.4 Å². The van der Waals surface area contributed by atoms with Gasteiger partial charge in [-0.05, 0) is 49.1 Å². The molecule has 4 nitrogen and oxygen atoms in total. The molecule has 2 heterocycles. The zero-order chi connectivity index (χ0) is 17.2. The number of hydrogen-bond donors (Lipinski definition) is 2. The number of urea groups is 1. The molecule has 2 aromatic rings. The summed E-state index contributed by atoms with van der Waals surface area (Å²) in [7, 11) is 0. The number of likely N-dealkylation sites (tertiary alicyclic amines) is 1. The van der Waals surface area contributed by atoms with E-state index in [1.807, 2.05) is 4.90 Å². The van der Waals surface area contributed by atoms with E-state index in [0.29, 0.717) is 17.9 Å². The average Bonchev–Trinajstić information content (AvgIpc) is 3.08. The van der Waals surface area contributed by atoms with Crippen LogP contribution in [0.25, 0.3) is 10.9 Å². The Balaban J connectivity index is 1.35. The molecule has 1 aliphatic carbocycles. The first-order chi connectivity index (χ1) is 12.2. The van der Waals surface area contributed by atoms with Crippen molar-refractivity contribution in [1.29, 1.82) is 0 Å². The van der Waals surface area contributed by atoms with Crippen LogP contribution in [0, 0.1) is 5.92 Å². The van der Waals surface area contributed by atoms with Gasteiger partial charge in [-0.25, -0.2) is 4.79 Å². The summed E-state index contributed by atoms with van der Waals surface area (Å²) >= 11 is 0. The molecule has 2 aliphatic rings. The second kappa shape index (κ2) is 7.11. The van der Waals surface area contributed by atoms with Gasteiger partial charge in [-0.3, -0.25) is 0 Å². The number of aromatic nitrogens is 1. The number of carbonyl (C=O) groups is 1. The summed E-state index contributed by atoms with van der Waals surface area (Å²) in [4.78, 5) is 18.0. The quantitative estimate of drug-likeness (QED) is 0.823. The Morgan fingerprint density at radius 1 is 1.12 bits per heavy atom. The largest absolute Gasteiger partial charge is 0.361 e. The first-order valence-electron chi connectivity index (χ1n) is 9.84. The summed E-state index contributed by atoms with van der Waals surface area (Å²) < 4.78 is 0. The fourth-order valence-corrected chi connectivity index (χ4v) is 4.61. The molecule has 1 aromatic carbocycles. The number of aromatic amines is 1. The molecule has 4 heteroatoms. The van der Waals surface area contributed by atoms with Crippen LogP contribution in [0.15, 0.2) is 30.5 Å². The summed E-state index contributed by atoms with van der Waals surface area (Å²) in [5.74, 6) is 1.16. The molecule has 0 bridgehead atoms. The Morgan fingerprint density at radius 3 is 2.68 bits per heavy atom. The molecule has 1 aliphatic heterocycles. The van der Waals surface area contributed by atoms with Crippen molar-refractivity contribution < 1.29 is 4.79 Å². The van der Waals surface area contributed by atoms with Gasteiger partial charge in [0.15, 0.2) is 0 Å². The van der Waals surface area contributed by atoms with Gasteiger partial charge in [0.1, 0.15) is 0 Å². The molecule has 2 amide bonds. The maximum Gasteiger partial charge on any atom is 0.317 e. The van der Waals surface area contributed by atoms with Gasteiger partial charge in [0, 0.05) is 36.2 Å². The Kier molecular flexibility index (Phi) is 4.69. The number of para-hydroxylation sites is 1. The highest BCUT2D eigenvalue weighted by Gasteiger charge is 2.28. The van der Waals surface area contributed by atoms with Crippen molar-refractivity contribution in [1.82, 2.24) is 15.2 Å². The van der Waals surface area contributed by atoms with Crippen molar-refractivity contribution in [3.05, 3.63) is 36.0 Å². The smallest absolute Gasteiger partial charge is 0.317 e. The fraction of sp³-hybridized carbons (Fsp3) is 0.571. The van der Waals surface area contributed by atoms with E-state index in [4.69, 9.17) is 0 Å². The molecule has 2 N–H and O–H groups in total. The van der Waals surface area contributed by atoms with Crippen LogP contribution in [0.4, 0.5) is 4.79 Å².